The van der Waals surface area contributed by atoms with Gasteiger partial charge in [0.2, 0.25) is 0 Å². The van der Waals surface area contributed by atoms with Crippen molar-refractivity contribution < 1.29 is 9.47 Å². The van der Waals surface area contributed by atoms with Gasteiger partial charge >= 0.3 is 0 Å². The average Bonchev–Trinajstić information content (AvgIpc) is 2.25. The second-order valence-electron chi connectivity index (χ2n) is 3.50. The first-order valence-electron chi connectivity index (χ1n) is 5.02. The highest BCUT2D eigenvalue weighted by Gasteiger charge is 2.06. The Kier molecular flexibility index (Phi) is 4.95. The van der Waals surface area contributed by atoms with Crippen LogP contribution in [-0.4, -0.2) is 19.0 Å². The maximum Gasteiger partial charge on any atom is 0.125 e. The lowest BCUT2D eigenvalue weighted by atomic mass is 10.1. The first-order valence-corrected chi connectivity index (χ1v) is 5.94. The summed E-state index contributed by atoms with van der Waals surface area (Å²) in [7, 11) is 3.35. The highest BCUT2D eigenvalue weighted by atomic mass is 79.9. The summed E-state index contributed by atoms with van der Waals surface area (Å²) in [6, 6.07) is 5.96. The van der Waals surface area contributed by atoms with Gasteiger partial charge in [-0.1, -0.05) is 28.9 Å². The molecule has 0 radical (unpaired) electrons. The molecule has 1 atom stereocenters. The Morgan fingerprint density at radius 3 is 2.53 bits per heavy atom. The zero-order valence-corrected chi connectivity index (χ0v) is 11.0. The van der Waals surface area contributed by atoms with E-state index in [2.05, 4.69) is 28.9 Å². The molecular weight excluding hydrogens is 256 g/mol. The predicted octanol–water partition coefficient (Wildman–Crippen LogP) is 3.42. The SMILES string of the molecule is COc1ccc(CCC(C)Br)c(OC)c1. The molecule has 0 aliphatic carbocycles. The molecule has 15 heavy (non-hydrogen) atoms. The molecule has 1 aromatic carbocycles. The number of rotatable bonds is 5. The smallest absolute Gasteiger partial charge is 0.125 e. The number of hydrogen-bond acceptors (Lipinski definition) is 2. The van der Waals surface area contributed by atoms with Crippen molar-refractivity contribution >= 4 is 15.9 Å². The van der Waals surface area contributed by atoms with E-state index < -0.39 is 0 Å². The Bertz CT molecular complexity index is 310. The molecule has 0 aliphatic heterocycles. The molecule has 0 bridgehead atoms. The summed E-state index contributed by atoms with van der Waals surface area (Å²) in [5.74, 6) is 1.74. The van der Waals surface area contributed by atoms with Crippen molar-refractivity contribution in [1.82, 2.24) is 0 Å². The molecule has 0 saturated carbocycles. The van der Waals surface area contributed by atoms with E-state index in [9.17, 15) is 0 Å². The van der Waals surface area contributed by atoms with E-state index in [-0.39, 0.29) is 0 Å². The molecule has 0 saturated heterocycles. The third-order valence-corrected chi connectivity index (χ3v) is 2.76. The van der Waals surface area contributed by atoms with Crippen LogP contribution >= 0.6 is 15.9 Å². The molecule has 1 aromatic rings. The molecule has 1 rings (SSSR count). The first kappa shape index (κ1) is 12.4. The summed E-state index contributed by atoms with van der Waals surface area (Å²) in [5.41, 5.74) is 1.23. The zero-order valence-electron chi connectivity index (χ0n) is 9.42. The summed E-state index contributed by atoms with van der Waals surface area (Å²) >= 11 is 3.54. The summed E-state index contributed by atoms with van der Waals surface area (Å²) in [6.07, 6.45) is 2.11. The second-order valence-corrected chi connectivity index (χ2v) is 5.06. The van der Waals surface area contributed by atoms with Crippen molar-refractivity contribution in [3.05, 3.63) is 23.8 Å². The van der Waals surface area contributed by atoms with Crippen molar-refractivity contribution in [2.24, 2.45) is 0 Å². The Labute approximate surface area is 99.7 Å². The zero-order chi connectivity index (χ0) is 11.3. The number of methoxy groups -OCH3 is 2. The van der Waals surface area contributed by atoms with Crippen LogP contribution in [0.2, 0.25) is 0 Å². The fourth-order valence-corrected chi connectivity index (χ4v) is 1.64. The molecule has 0 amide bonds. The molecule has 0 heterocycles. The third kappa shape index (κ3) is 3.74. The third-order valence-electron chi connectivity index (χ3n) is 2.31. The fourth-order valence-electron chi connectivity index (χ4n) is 1.41. The van der Waals surface area contributed by atoms with E-state index >= 15 is 0 Å². The number of benzene rings is 1. The maximum atomic E-state index is 5.32. The number of hydrogen-bond donors (Lipinski definition) is 0. The van der Waals surface area contributed by atoms with Crippen LogP contribution in [0.1, 0.15) is 18.9 Å². The van der Waals surface area contributed by atoms with Crippen LogP contribution in [0.25, 0.3) is 0 Å². The van der Waals surface area contributed by atoms with Gasteiger partial charge in [0.05, 0.1) is 14.2 Å². The van der Waals surface area contributed by atoms with Gasteiger partial charge in [-0.2, -0.15) is 0 Å². The summed E-state index contributed by atoms with van der Waals surface area (Å²) < 4.78 is 10.5. The standard InChI is InChI=1S/C12H17BrO2/c1-9(13)4-5-10-6-7-11(14-2)8-12(10)15-3/h6-9H,4-5H2,1-3H3. The van der Waals surface area contributed by atoms with Gasteiger partial charge in [-0.05, 0) is 24.5 Å². The molecule has 0 N–H and O–H groups in total. The van der Waals surface area contributed by atoms with Gasteiger partial charge in [-0.3, -0.25) is 0 Å². The van der Waals surface area contributed by atoms with Crippen molar-refractivity contribution in [1.29, 1.82) is 0 Å². The van der Waals surface area contributed by atoms with Crippen LogP contribution in [-0.2, 0) is 6.42 Å². The number of alkyl halides is 1. The Morgan fingerprint density at radius 1 is 1.27 bits per heavy atom. The van der Waals surface area contributed by atoms with Crippen molar-refractivity contribution in [3.8, 4) is 11.5 Å². The van der Waals surface area contributed by atoms with Crippen LogP contribution in [0, 0.1) is 0 Å². The molecule has 1 unspecified atom stereocenters. The molecule has 3 heteroatoms. The van der Waals surface area contributed by atoms with Crippen molar-refractivity contribution in [3.63, 3.8) is 0 Å². The van der Waals surface area contributed by atoms with Crippen molar-refractivity contribution in [2.45, 2.75) is 24.6 Å². The van der Waals surface area contributed by atoms with Gasteiger partial charge in [0.25, 0.3) is 0 Å². The molecule has 0 aromatic heterocycles. The first-order chi connectivity index (χ1) is 7.17. The minimum atomic E-state index is 0.532. The molecular formula is C12H17BrO2. The second kappa shape index (κ2) is 6.01. The lowest BCUT2D eigenvalue weighted by Gasteiger charge is -2.10. The number of ether oxygens (including phenoxy) is 2. The van der Waals surface area contributed by atoms with Crippen LogP contribution in [0.4, 0.5) is 0 Å². The summed E-state index contributed by atoms with van der Waals surface area (Å²) in [5, 5.41) is 0. The fraction of sp³-hybridized carbons (Fsp3) is 0.500. The van der Waals surface area contributed by atoms with Crippen LogP contribution in [0.15, 0.2) is 18.2 Å². The monoisotopic (exact) mass is 272 g/mol. The van der Waals surface area contributed by atoms with Gasteiger partial charge < -0.3 is 9.47 Å². The highest BCUT2D eigenvalue weighted by Crippen LogP contribution is 2.26. The maximum absolute atomic E-state index is 5.32. The molecule has 0 fully saturated rings. The summed E-state index contributed by atoms with van der Waals surface area (Å²) in [4.78, 5) is 0.532. The van der Waals surface area contributed by atoms with Crippen molar-refractivity contribution in [2.75, 3.05) is 14.2 Å². The van der Waals surface area contributed by atoms with E-state index in [4.69, 9.17) is 9.47 Å². The van der Waals surface area contributed by atoms with Crippen LogP contribution < -0.4 is 9.47 Å². The lowest BCUT2D eigenvalue weighted by molar-refractivity contribution is 0.390. The van der Waals surface area contributed by atoms with Gasteiger partial charge in [-0.15, -0.1) is 0 Å². The number of aryl methyl sites for hydroxylation is 1. The highest BCUT2D eigenvalue weighted by molar-refractivity contribution is 9.09. The minimum Gasteiger partial charge on any atom is -0.497 e. The normalized spacial score (nSPS) is 12.3. The van der Waals surface area contributed by atoms with E-state index in [1.54, 1.807) is 14.2 Å². The Balaban J connectivity index is 2.78. The molecule has 0 spiro atoms. The van der Waals surface area contributed by atoms with Gasteiger partial charge in [0, 0.05) is 10.9 Å². The Hall–Kier alpha value is -0.700. The predicted molar refractivity (Wildman–Crippen MR) is 66.3 cm³/mol. The average molecular weight is 273 g/mol. The van der Waals surface area contributed by atoms with Gasteiger partial charge in [0.15, 0.2) is 0 Å². The molecule has 0 aliphatic rings. The van der Waals surface area contributed by atoms with Crippen LogP contribution in [0.3, 0.4) is 0 Å². The van der Waals surface area contributed by atoms with Gasteiger partial charge in [-0.25, -0.2) is 0 Å². The molecule has 84 valence electrons. The van der Waals surface area contributed by atoms with E-state index in [0.29, 0.717) is 4.83 Å². The largest absolute Gasteiger partial charge is 0.497 e. The van der Waals surface area contributed by atoms with E-state index in [1.807, 2.05) is 12.1 Å². The molecule has 2 nitrogen and oxygen atoms in total. The lowest BCUT2D eigenvalue weighted by Crippen LogP contribution is -1.97. The topological polar surface area (TPSA) is 18.5 Å². The minimum absolute atomic E-state index is 0.532. The van der Waals surface area contributed by atoms with E-state index in [1.165, 1.54) is 5.56 Å². The Morgan fingerprint density at radius 2 is 2.00 bits per heavy atom. The number of halogens is 1. The van der Waals surface area contributed by atoms with Crippen LogP contribution in [0.5, 0.6) is 11.5 Å². The van der Waals surface area contributed by atoms with Gasteiger partial charge in [0.1, 0.15) is 11.5 Å². The quantitative estimate of drug-likeness (QED) is 0.765. The van der Waals surface area contributed by atoms with E-state index in [0.717, 1.165) is 24.3 Å². The summed E-state index contributed by atoms with van der Waals surface area (Å²) in [6.45, 7) is 2.15.